The third-order valence-electron chi connectivity index (χ3n) is 5.72. The molecule has 12 heteroatoms. The first-order valence-corrected chi connectivity index (χ1v) is 10.7. The number of carbonyl (C=O) groups excluding carboxylic acids is 2. The van der Waals surface area contributed by atoms with Crippen molar-refractivity contribution in [3.05, 3.63) is 72.6 Å². The van der Waals surface area contributed by atoms with Gasteiger partial charge in [-0.1, -0.05) is 24.8 Å². The summed E-state index contributed by atoms with van der Waals surface area (Å²) in [6, 6.07) is 11.7. The second-order valence-corrected chi connectivity index (χ2v) is 8.13. The lowest BCUT2D eigenvalue weighted by molar-refractivity contribution is -0.140. The molecular weight excluding hydrogens is 475 g/mol. The Morgan fingerprint density at radius 2 is 1.89 bits per heavy atom. The number of aromatic nitrogens is 4. The third-order valence-corrected chi connectivity index (χ3v) is 5.72. The molecular formula is C24H18F3N7O2. The molecule has 4 aromatic rings. The van der Waals surface area contributed by atoms with E-state index in [1.165, 1.54) is 17.0 Å². The van der Waals surface area contributed by atoms with E-state index in [1.807, 2.05) is 0 Å². The van der Waals surface area contributed by atoms with Crippen LogP contribution in [0.3, 0.4) is 0 Å². The van der Waals surface area contributed by atoms with Gasteiger partial charge in [0, 0.05) is 28.9 Å². The van der Waals surface area contributed by atoms with Gasteiger partial charge in [-0.15, -0.1) is 14.8 Å². The molecule has 0 saturated heterocycles. The Labute approximate surface area is 202 Å². The highest BCUT2D eigenvalue weighted by atomic mass is 19.4. The fraction of sp³-hybridized carbons (Fsp3) is 0.125. The van der Waals surface area contributed by atoms with Crippen LogP contribution in [0, 0.1) is 0 Å². The summed E-state index contributed by atoms with van der Waals surface area (Å²) in [4.78, 5) is 28.9. The first-order valence-electron chi connectivity index (χ1n) is 10.7. The number of nitrogens with two attached hydrogens (primary N) is 1. The minimum Gasteiger partial charge on any atom is -0.382 e. The zero-order valence-electron chi connectivity index (χ0n) is 18.6. The molecule has 2 aromatic carbocycles. The summed E-state index contributed by atoms with van der Waals surface area (Å²) >= 11 is 0. The van der Waals surface area contributed by atoms with Gasteiger partial charge in [0.1, 0.15) is 24.1 Å². The lowest BCUT2D eigenvalue weighted by Crippen LogP contribution is -2.34. The number of benzene rings is 2. The van der Waals surface area contributed by atoms with E-state index < -0.39 is 18.6 Å². The maximum atomic E-state index is 12.9. The lowest BCUT2D eigenvalue weighted by Gasteiger charge is -2.17. The van der Waals surface area contributed by atoms with E-state index in [4.69, 9.17) is 5.73 Å². The molecule has 1 aliphatic rings. The SMILES string of the molecule is C=CC(=O)Nc1ccc(-c2nn3ncnc(N)c3c2-c2ccc3c(c2)CN(CC(F)(F)F)C3=O)cc1. The van der Waals surface area contributed by atoms with E-state index >= 15 is 0 Å². The standard InChI is InChI=1S/C24H18F3N7O2/c1-2-18(35)31-16-6-3-13(4-7-16)20-19(21-22(28)29-12-30-34(21)32-20)14-5-8-17-15(9-14)10-33(23(17)36)11-24(25,26)27/h2-9,12H,1,10-11H2,(H,31,35)(H2,28,29,30). The molecule has 5 rings (SSSR count). The Balaban J connectivity index is 1.60. The third kappa shape index (κ3) is 4.13. The van der Waals surface area contributed by atoms with Gasteiger partial charge in [0.25, 0.3) is 5.91 Å². The molecule has 9 nitrogen and oxygen atoms in total. The number of hydrogen-bond donors (Lipinski definition) is 2. The second-order valence-electron chi connectivity index (χ2n) is 8.13. The van der Waals surface area contributed by atoms with E-state index in [2.05, 4.69) is 27.1 Å². The fourth-order valence-electron chi connectivity index (χ4n) is 4.18. The molecule has 36 heavy (non-hydrogen) atoms. The van der Waals surface area contributed by atoms with Crippen LogP contribution in [0.4, 0.5) is 24.7 Å². The van der Waals surface area contributed by atoms with Gasteiger partial charge in [0.05, 0.1) is 0 Å². The maximum absolute atomic E-state index is 12.9. The van der Waals surface area contributed by atoms with Crippen molar-refractivity contribution in [1.29, 1.82) is 0 Å². The van der Waals surface area contributed by atoms with Crippen molar-refractivity contribution < 1.29 is 22.8 Å². The Morgan fingerprint density at radius 3 is 2.58 bits per heavy atom. The van der Waals surface area contributed by atoms with Crippen LogP contribution in [0.2, 0.25) is 0 Å². The molecule has 0 atom stereocenters. The Morgan fingerprint density at radius 1 is 1.17 bits per heavy atom. The predicted octanol–water partition coefficient (Wildman–Crippen LogP) is 3.68. The molecule has 0 saturated carbocycles. The van der Waals surface area contributed by atoms with Crippen molar-refractivity contribution >= 4 is 28.8 Å². The Hall–Kier alpha value is -4.74. The van der Waals surface area contributed by atoms with Crippen molar-refractivity contribution in [2.45, 2.75) is 12.7 Å². The molecule has 0 spiro atoms. The minimum atomic E-state index is -4.50. The molecule has 0 radical (unpaired) electrons. The van der Waals surface area contributed by atoms with Crippen LogP contribution in [0.5, 0.6) is 0 Å². The molecule has 0 bridgehead atoms. The molecule has 2 aromatic heterocycles. The highest BCUT2D eigenvalue weighted by Crippen LogP contribution is 2.39. The number of amides is 2. The largest absolute Gasteiger partial charge is 0.406 e. The van der Waals surface area contributed by atoms with Gasteiger partial charge in [0.2, 0.25) is 5.91 Å². The summed E-state index contributed by atoms with van der Waals surface area (Å²) in [5.41, 5.74) is 10.1. The first kappa shape index (κ1) is 23.0. The summed E-state index contributed by atoms with van der Waals surface area (Å²) in [6.45, 7) is 1.93. The minimum absolute atomic E-state index is 0.156. The van der Waals surface area contributed by atoms with Gasteiger partial charge in [0.15, 0.2) is 5.82 Å². The molecule has 0 unspecified atom stereocenters. The number of nitrogen functional groups attached to an aromatic ring is 1. The van der Waals surface area contributed by atoms with Crippen molar-refractivity contribution in [3.8, 4) is 22.4 Å². The van der Waals surface area contributed by atoms with Crippen molar-refractivity contribution in [3.63, 3.8) is 0 Å². The maximum Gasteiger partial charge on any atom is 0.406 e. The van der Waals surface area contributed by atoms with Crippen LogP contribution in [0.25, 0.3) is 27.9 Å². The number of hydrogen-bond acceptors (Lipinski definition) is 6. The topological polar surface area (TPSA) is 119 Å². The fourth-order valence-corrected chi connectivity index (χ4v) is 4.18. The smallest absolute Gasteiger partial charge is 0.382 e. The van der Waals surface area contributed by atoms with E-state index in [0.717, 1.165) is 11.0 Å². The summed E-state index contributed by atoms with van der Waals surface area (Å²) in [7, 11) is 0. The number of nitrogens with one attached hydrogen (secondary N) is 1. The highest BCUT2D eigenvalue weighted by molar-refractivity contribution is 6.02. The van der Waals surface area contributed by atoms with Crippen molar-refractivity contribution in [1.82, 2.24) is 24.7 Å². The highest BCUT2D eigenvalue weighted by Gasteiger charge is 2.37. The van der Waals surface area contributed by atoms with Gasteiger partial charge in [-0.3, -0.25) is 9.59 Å². The van der Waals surface area contributed by atoms with Crippen molar-refractivity contribution in [2.24, 2.45) is 0 Å². The molecule has 0 aliphatic carbocycles. The van der Waals surface area contributed by atoms with E-state index in [1.54, 1.807) is 36.4 Å². The summed E-state index contributed by atoms with van der Waals surface area (Å²) in [5.74, 6) is -0.871. The Bertz CT molecular complexity index is 1530. The number of anilines is 2. The predicted molar refractivity (Wildman–Crippen MR) is 126 cm³/mol. The van der Waals surface area contributed by atoms with Gasteiger partial charge >= 0.3 is 6.18 Å². The first-order chi connectivity index (χ1) is 17.1. The Kier molecular flexibility index (Phi) is 5.43. The monoisotopic (exact) mass is 493 g/mol. The van der Waals surface area contributed by atoms with Crippen LogP contribution in [-0.4, -0.2) is 49.2 Å². The second kappa shape index (κ2) is 8.48. The lowest BCUT2D eigenvalue weighted by atomic mass is 9.96. The van der Waals surface area contributed by atoms with E-state index in [-0.39, 0.29) is 23.8 Å². The van der Waals surface area contributed by atoms with Crippen LogP contribution >= 0.6 is 0 Å². The number of carbonyl (C=O) groups is 2. The molecule has 0 fully saturated rings. The van der Waals surface area contributed by atoms with Crippen LogP contribution < -0.4 is 11.1 Å². The number of fused-ring (bicyclic) bond motifs is 2. The van der Waals surface area contributed by atoms with Crippen LogP contribution in [0.1, 0.15) is 15.9 Å². The van der Waals surface area contributed by atoms with Gasteiger partial charge < -0.3 is 16.0 Å². The van der Waals surface area contributed by atoms with Gasteiger partial charge in [-0.25, -0.2) is 4.98 Å². The van der Waals surface area contributed by atoms with E-state index in [9.17, 15) is 22.8 Å². The molecule has 3 N–H and O–H groups in total. The average Bonchev–Trinajstić information content (AvgIpc) is 3.37. The normalized spacial score (nSPS) is 13.2. The molecule has 1 aliphatic heterocycles. The number of halogens is 3. The summed E-state index contributed by atoms with van der Waals surface area (Å²) < 4.78 is 40.1. The summed E-state index contributed by atoms with van der Waals surface area (Å²) in [6.07, 6.45) is -2.09. The number of rotatable bonds is 5. The zero-order valence-corrected chi connectivity index (χ0v) is 18.6. The van der Waals surface area contributed by atoms with Crippen molar-refractivity contribution in [2.75, 3.05) is 17.6 Å². The van der Waals surface area contributed by atoms with Gasteiger partial charge in [-0.05, 0) is 41.5 Å². The molecule has 182 valence electrons. The average molecular weight is 493 g/mol. The molecule has 3 heterocycles. The van der Waals surface area contributed by atoms with Crippen LogP contribution in [0.15, 0.2) is 61.4 Å². The molecule has 2 amide bonds. The van der Waals surface area contributed by atoms with Crippen LogP contribution in [-0.2, 0) is 11.3 Å². The quantitative estimate of drug-likeness (QED) is 0.410. The van der Waals surface area contributed by atoms with E-state index in [0.29, 0.717) is 39.2 Å². The number of alkyl halides is 3. The zero-order chi connectivity index (χ0) is 25.6. The van der Waals surface area contributed by atoms with Gasteiger partial charge in [-0.2, -0.15) is 13.2 Å². The summed E-state index contributed by atoms with van der Waals surface area (Å²) in [5, 5.41) is 11.4. The number of nitrogens with zero attached hydrogens (tertiary/aromatic N) is 5.